The highest BCUT2D eigenvalue weighted by Crippen LogP contribution is 2.39. The normalized spacial score (nSPS) is 26.3. The summed E-state index contributed by atoms with van der Waals surface area (Å²) in [5, 5.41) is 3.90. The van der Waals surface area contributed by atoms with Gasteiger partial charge in [0.1, 0.15) is 5.75 Å². The Balaban J connectivity index is 2.12. The van der Waals surface area contributed by atoms with Gasteiger partial charge < -0.3 is 10.1 Å². The van der Waals surface area contributed by atoms with Crippen molar-refractivity contribution in [2.75, 3.05) is 7.11 Å². The predicted molar refractivity (Wildman–Crippen MR) is 89.7 cm³/mol. The summed E-state index contributed by atoms with van der Waals surface area (Å²) >= 11 is 0. The number of ether oxygens (including phenoxy) is 1. The Bertz CT molecular complexity index is 455. The monoisotopic (exact) mass is 289 g/mol. The van der Waals surface area contributed by atoms with Gasteiger partial charge in [0.05, 0.1) is 7.11 Å². The van der Waals surface area contributed by atoms with Crippen LogP contribution >= 0.6 is 0 Å². The van der Waals surface area contributed by atoms with Gasteiger partial charge in [-0.15, -0.1) is 0 Å². The average Bonchev–Trinajstić information content (AvgIpc) is 2.42. The van der Waals surface area contributed by atoms with Crippen LogP contribution in [0.15, 0.2) is 24.3 Å². The van der Waals surface area contributed by atoms with Crippen molar-refractivity contribution in [2.45, 2.75) is 65.5 Å². The van der Waals surface area contributed by atoms with Crippen molar-refractivity contribution in [2.24, 2.45) is 11.3 Å². The molecular weight excluding hydrogens is 258 g/mol. The molecule has 0 aromatic heterocycles. The van der Waals surface area contributed by atoms with Gasteiger partial charge in [0.25, 0.3) is 0 Å². The summed E-state index contributed by atoms with van der Waals surface area (Å²) in [5.41, 5.74) is 1.74. The molecule has 2 nitrogen and oxygen atoms in total. The third-order valence-electron chi connectivity index (χ3n) is 4.75. The van der Waals surface area contributed by atoms with E-state index in [1.54, 1.807) is 7.11 Å². The van der Waals surface area contributed by atoms with E-state index in [-0.39, 0.29) is 0 Å². The minimum absolute atomic E-state index is 0.382. The van der Waals surface area contributed by atoms with E-state index in [0.717, 1.165) is 18.1 Å². The maximum absolute atomic E-state index is 5.54. The van der Waals surface area contributed by atoms with Gasteiger partial charge in [0.2, 0.25) is 0 Å². The lowest BCUT2D eigenvalue weighted by Gasteiger charge is -2.41. The van der Waals surface area contributed by atoms with Crippen LogP contribution in [0.5, 0.6) is 5.75 Å². The van der Waals surface area contributed by atoms with Gasteiger partial charge in [-0.25, -0.2) is 0 Å². The van der Waals surface area contributed by atoms with Crippen LogP contribution in [0.1, 0.15) is 65.0 Å². The number of hydrogen-bond donors (Lipinski definition) is 1. The summed E-state index contributed by atoms with van der Waals surface area (Å²) in [5.74, 6) is 1.81. The molecule has 0 amide bonds. The minimum atomic E-state index is 0.382. The van der Waals surface area contributed by atoms with Crippen LogP contribution in [0, 0.1) is 11.3 Å². The van der Waals surface area contributed by atoms with Crippen molar-refractivity contribution < 1.29 is 4.74 Å². The van der Waals surface area contributed by atoms with Gasteiger partial charge in [-0.05, 0) is 43.1 Å². The smallest absolute Gasteiger partial charge is 0.123 e. The highest BCUT2D eigenvalue weighted by Gasteiger charge is 2.33. The highest BCUT2D eigenvalue weighted by molar-refractivity contribution is 5.35. The summed E-state index contributed by atoms with van der Waals surface area (Å²) in [6.45, 7) is 9.45. The third-order valence-corrected chi connectivity index (χ3v) is 4.75. The summed E-state index contributed by atoms with van der Waals surface area (Å²) in [6.07, 6.45) is 4.99. The maximum Gasteiger partial charge on any atom is 0.123 e. The highest BCUT2D eigenvalue weighted by atomic mass is 16.5. The van der Waals surface area contributed by atoms with Crippen LogP contribution < -0.4 is 10.1 Å². The summed E-state index contributed by atoms with van der Waals surface area (Å²) in [6, 6.07) is 9.40. The first-order valence-corrected chi connectivity index (χ1v) is 8.34. The second-order valence-corrected chi connectivity index (χ2v) is 7.48. The summed E-state index contributed by atoms with van der Waals surface area (Å²) in [4.78, 5) is 0. The lowest BCUT2D eigenvalue weighted by atomic mass is 9.70. The van der Waals surface area contributed by atoms with Crippen LogP contribution in [0.4, 0.5) is 0 Å². The molecule has 3 atom stereocenters. The van der Waals surface area contributed by atoms with Crippen molar-refractivity contribution in [3.8, 4) is 5.75 Å². The molecule has 1 aliphatic carbocycles. The number of hydrogen-bond acceptors (Lipinski definition) is 2. The average molecular weight is 289 g/mol. The standard InChI is InChI=1S/C19H31NO/c1-6-17(16-9-7-8-10-18(16)21-5)20-15-11-14(2)12-19(3,4)13-15/h7-10,14-15,17,20H,6,11-13H2,1-5H3. The van der Waals surface area contributed by atoms with E-state index < -0.39 is 0 Å². The molecule has 1 aromatic rings. The van der Waals surface area contributed by atoms with Crippen LogP contribution in [0.3, 0.4) is 0 Å². The van der Waals surface area contributed by atoms with Gasteiger partial charge in [0.15, 0.2) is 0 Å². The quantitative estimate of drug-likeness (QED) is 0.828. The number of rotatable bonds is 5. The lowest BCUT2D eigenvalue weighted by molar-refractivity contribution is 0.143. The molecule has 1 saturated carbocycles. The molecule has 1 N–H and O–H groups in total. The molecule has 21 heavy (non-hydrogen) atoms. The van der Waals surface area contributed by atoms with E-state index in [4.69, 9.17) is 4.74 Å². The van der Waals surface area contributed by atoms with Gasteiger partial charge in [-0.3, -0.25) is 0 Å². The largest absolute Gasteiger partial charge is 0.496 e. The SMILES string of the molecule is CCC(NC1CC(C)CC(C)(C)C1)c1ccccc1OC. The van der Waals surface area contributed by atoms with Crippen LogP contribution in [-0.4, -0.2) is 13.2 Å². The molecule has 1 fully saturated rings. The Hall–Kier alpha value is -1.02. The molecule has 1 aliphatic rings. The van der Waals surface area contributed by atoms with E-state index in [1.165, 1.54) is 24.8 Å². The molecule has 118 valence electrons. The van der Waals surface area contributed by atoms with Crippen LogP contribution in [-0.2, 0) is 0 Å². The minimum Gasteiger partial charge on any atom is -0.496 e. The van der Waals surface area contributed by atoms with Crippen LogP contribution in [0.2, 0.25) is 0 Å². The Kier molecular flexibility index (Phi) is 5.32. The zero-order valence-electron chi connectivity index (χ0n) is 14.3. The maximum atomic E-state index is 5.54. The molecule has 2 heteroatoms. The molecular formula is C19H31NO. The molecule has 0 bridgehead atoms. The third kappa shape index (κ3) is 4.23. The topological polar surface area (TPSA) is 21.3 Å². The van der Waals surface area contributed by atoms with Crippen molar-refractivity contribution >= 4 is 0 Å². The van der Waals surface area contributed by atoms with E-state index in [2.05, 4.69) is 51.2 Å². The zero-order chi connectivity index (χ0) is 15.5. The fraction of sp³-hybridized carbons (Fsp3) is 0.684. The van der Waals surface area contributed by atoms with Crippen molar-refractivity contribution in [3.05, 3.63) is 29.8 Å². The molecule has 0 radical (unpaired) electrons. The number of methoxy groups -OCH3 is 1. The zero-order valence-corrected chi connectivity index (χ0v) is 14.3. The number of para-hydroxylation sites is 1. The Labute approximate surface area is 130 Å². The molecule has 0 saturated heterocycles. The van der Waals surface area contributed by atoms with Crippen molar-refractivity contribution in [1.29, 1.82) is 0 Å². The Morgan fingerprint density at radius 2 is 2.00 bits per heavy atom. The Morgan fingerprint density at radius 3 is 2.62 bits per heavy atom. The number of benzene rings is 1. The van der Waals surface area contributed by atoms with Gasteiger partial charge in [0, 0.05) is 17.6 Å². The molecule has 1 aromatic carbocycles. The van der Waals surface area contributed by atoms with E-state index in [0.29, 0.717) is 17.5 Å². The molecule has 0 spiro atoms. The van der Waals surface area contributed by atoms with Crippen molar-refractivity contribution in [1.82, 2.24) is 5.32 Å². The predicted octanol–water partition coefficient (Wildman–Crippen LogP) is 4.95. The van der Waals surface area contributed by atoms with Crippen molar-refractivity contribution in [3.63, 3.8) is 0 Å². The summed E-state index contributed by atoms with van der Waals surface area (Å²) in [7, 11) is 1.76. The van der Waals surface area contributed by atoms with E-state index in [9.17, 15) is 0 Å². The van der Waals surface area contributed by atoms with Gasteiger partial charge in [-0.2, -0.15) is 0 Å². The van der Waals surface area contributed by atoms with Crippen LogP contribution in [0.25, 0.3) is 0 Å². The lowest BCUT2D eigenvalue weighted by Crippen LogP contribution is -2.41. The van der Waals surface area contributed by atoms with Gasteiger partial charge in [-0.1, -0.05) is 45.9 Å². The van der Waals surface area contributed by atoms with E-state index in [1.807, 2.05) is 6.07 Å². The fourth-order valence-corrected chi connectivity index (χ4v) is 4.14. The first-order chi connectivity index (χ1) is 9.95. The molecule has 0 aliphatic heterocycles. The summed E-state index contributed by atoms with van der Waals surface area (Å²) < 4.78 is 5.54. The second kappa shape index (κ2) is 6.83. The molecule has 2 rings (SSSR count). The Morgan fingerprint density at radius 1 is 1.29 bits per heavy atom. The van der Waals surface area contributed by atoms with E-state index >= 15 is 0 Å². The fourth-order valence-electron chi connectivity index (χ4n) is 4.14. The first-order valence-electron chi connectivity index (χ1n) is 8.34. The first kappa shape index (κ1) is 16.4. The number of nitrogens with one attached hydrogen (secondary N) is 1. The second-order valence-electron chi connectivity index (χ2n) is 7.48. The molecule has 3 unspecified atom stereocenters. The van der Waals surface area contributed by atoms with Gasteiger partial charge >= 0.3 is 0 Å². The molecule has 0 heterocycles.